The van der Waals surface area contributed by atoms with Crippen LogP contribution in [0.15, 0.2) is 33.3 Å². The number of nitrogens with zero attached hydrogens (tertiary/aromatic N) is 2. The average molecular weight is 281 g/mol. The van der Waals surface area contributed by atoms with E-state index in [4.69, 9.17) is 4.52 Å². The lowest BCUT2D eigenvalue weighted by Crippen LogP contribution is -2.11. The molecule has 0 fully saturated rings. The standard InChI is InChI=1S/C12H13BrN2O/c1-12(2,3)11-14-10(15-16-11)8-4-6-9(13)7-5-8/h4-7H,1-3H3. The molecule has 0 N–H and O–H groups in total. The molecule has 0 spiro atoms. The third kappa shape index (κ3) is 2.32. The van der Waals surface area contributed by atoms with Crippen LogP contribution in [0.25, 0.3) is 11.4 Å². The molecule has 0 unspecified atom stereocenters. The molecule has 0 atom stereocenters. The van der Waals surface area contributed by atoms with Gasteiger partial charge in [-0.15, -0.1) is 0 Å². The molecule has 1 heterocycles. The second-order valence-corrected chi connectivity index (χ2v) is 5.60. The van der Waals surface area contributed by atoms with Crippen molar-refractivity contribution in [1.82, 2.24) is 10.1 Å². The van der Waals surface area contributed by atoms with Gasteiger partial charge in [-0.1, -0.05) is 41.9 Å². The lowest BCUT2D eigenvalue weighted by Gasteiger charge is -2.10. The van der Waals surface area contributed by atoms with Crippen molar-refractivity contribution in [2.75, 3.05) is 0 Å². The van der Waals surface area contributed by atoms with Crippen LogP contribution in [0.2, 0.25) is 0 Å². The predicted octanol–water partition coefficient (Wildman–Crippen LogP) is 3.80. The van der Waals surface area contributed by atoms with Crippen molar-refractivity contribution in [1.29, 1.82) is 0 Å². The summed E-state index contributed by atoms with van der Waals surface area (Å²) in [5.74, 6) is 1.29. The van der Waals surface area contributed by atoms with Crippen LogP contribution < -0.4 is 0 Å². The summed E-state index contributed by atoms with van der Waals surface area (Å²) < 4.78 is 6.28. The fourth-order valence-corrected chi connectivity index (χ4v) is 1.51. The van der Waals surface area contributed by atoms with Crippen molar-refractivity contribution in [2.45, 2.75) is 26.2 Å². The number of hydrogen-bond donors (Lipinski definition) is 0. The maximum atomic E-state index is 5.24. The number of halogens is 1. The van der Waals surface area contributed by atoms with Crippen LogP contribution in [0.1, 0.15) is 26.7 Å². The van der Waals surface area contributed by atoms with E-state index >= 15 is 0 Å². The van der Waals surface area contributed by atoms with Crippen LogP contribution in [0.3, 0.4) is 0 Å². The van der Waals surface area contributed by atoms with Crippen LogP contribution in [0.4, 0.5) is 0 Å². The molecule has 3 nitrogen and oxygen atoms in total. The van der Waals surface area contributed by atoms with Gasteiger partial charge in [-0.3, -0.25) is 0 Å². The van der Waals surface area contributed by atoms with Crippen LogP contribution in [0, 0.1) is 0 Å². The van der Waals surface area contributed by atoms with Crippen LogP contribution in [-0.4, -0.2) is 10.1 Å². The molecule has 1 aromatic carbocycles. The van der Waals surface area contributed by atoms with Gasteiger partial charge in [-0.25, -0.2) is 0 Å². The zero-order valence-electron chi connectivity index (χ0n) is 9.49. The van der Waals surface area contributed by atoms with E-state index in [1.54, 1.807) is 0 Å². The lowest BCUT2D eigenvalue weighted by atomic mass is 9.97. The Morgan fingerprint density at radius 3 is 2.25 bits per heavy atom. The molecule has 4 heteroatoms. The Labute approximate surface area is 103 Å². The maximum Gasteiger partial charge on any atom is 0.232 e. The van der Waals surface area contributed by atoms with E-state index in [0.29, 0.717) is 11.7 Å². The molecule has 16 heavy (non-hydrogen) atoms. The minimum absolute atomic E-state index is 0.111. The summed E-state index contributed by atoms with van der Waals surface area (Å²) in [7, 11) is 0. The van der Waals surface area contributed by atoms with E-state index in [0.717, 1.165) is 10.0 Å². The Morgan fingerprint density at radius 1 is 1.12 bits per heavy atom. The van der Waals surface area contributed by atoms with Gasteiger partial charge < -0.3 is 4.52 Å². The molecule has 0 amide bonds. The highest BCUT2D eigenvalue weighted by Crippen LogP contribution is 2.24. The first-order chi connectivity index (χ1) is 7.47. The lowest BCUT2D eigenvalue weighted by molar-refractivity contribution is 0.321. The minimum Gasteiger partial charge on any atom is -0.338 e. The maximum absolute atomic E-state index is 5.24. The molecular formula is C12H13BrN2O. The Kier molecular flexibility index (Phi) is 2.84. The van der Waals surface area contributed by atoms with Crippen LogP contribution in [-0.2, 0) is 5.41 Å². The summed E-state index contributed by atoms with van der Waals surface area (Å²) in [6.45, 7) is 6.14. The van der Waals surface area contributed by atoms with Crippen molar-refractivity contribution < 1.29 is 4.52 Å². The van der Waals surface area contributed by atoms with E-state index < -0.39 is 0 Å². The summed E-state index contributed by atoms with van der Waals surface area (Å²) in [5.41, 5.74) is 0.850. The fraction of sp³-hybridized carbons (Fsp3) is 0.333. The van der Waals surface area contributed by atoms with Crippen molar-refractivity contribution in [3.05, 3.63) is 34.6 Å². The highest BCUT2D eigenvalue weighted by molar-refractivity contribution is 9.10. The van der Waals surface area contributed by atoms with E-state index in [-0.39, 0.29) is 5.41 Å². The first-order valence-corrected chi connectivity index (χ1v) is 5.86. The van der Waals surface area contributed by atoms with Crippen molar-refractivity contribution in [3.8, 4) is 11.4 Å². The molecule has 0 aliphatic rings. The first-order valence-electron chi connectivity index (χ1n) is 5.07. The molecule has 84 valence electrons. The minimum atomic E-state index is -0.111. The van der Waals surface area contributed by atoms with Crippen LogP contribution >= 0.6 is 15.9 Å². The summed E-state index contributed by atoms with van der Waals surface area (Å²) in [6.07, 6.45) is 0. The van der Waals surface area contributed by atoms with E-state index in [2.05, 4.69) is 26.1 Å². The smallest absolute Gasteiger partial charge is 0.232 e. The Morgan fingerprint density at radius 2 is 1.75 bits per heavy atom. The van der Waals surface area contributed by atoms with Gasteiger partial charge in [0, 0.05) is 15.5 Å². The Hall–Kier alpha value is -1.16. The summed E-state index contributed by atoms with van der Waals surface area (Å²) in [6, 6.07) is 7.84. The predicted molar refractivity (Wildman–Crippen MR) is 66.1 cm³/mol. The van der Waals surface area contributed by atoms with Crippen molar-refractivity contribution in [3.63, 3.8) is 0 Å². The normalized spacial score (nSPS) is 11.8. The molecule has 0 saturated heterocycles. The molecule has 0 bridgehead atoms. The SMILES string of the molecule is CC(C)(C)c1nc(-c2ccc(Br)cc2)no1. The van der Waals surface area contributed by atoms with Gasteiger partial charge in [0.1, 0.15) is 0 Å². The second-order valence-electron chi connectivity index (χ2n) is 4.68. The van der Waals surface area contributed by atoms with E-state index in [1.165, 1.54) is 0 Å². The zero-order chi connectivity index (χ0) is 11.8. The first kappa shape index (κ1) is 11.3. The fourth-order valence-electron chi connectivity index (χ4n) is 1.24. The number of benzene rings is 1. The van der Waals surface area contributed by atoms with Gasteiger partial charge in [-0.05, 0) is 24.3 Å². The third-order valence-electron chi connectivity index (χ3n) is 2.17. The van der Waals surface area contributed by atoms with Gasteiger partial charge in [0.2, 0.25) is 11.7 Å². The van der Waals surface area contributed by atoms with E-state index in [1.807, 2.05) is 45.0 Å². The summed E-state index contributed by atoms with van der Waals surface area (Å²) >= 11 is 3.39. The molecule has 2 aromatic rings. The summed E-state index contributed by atoms with van der Waals surface area (Å²) in [5, 5.41) is 3.98. The van der Waals surface area contributed by atoms with Gasteiger partial charge in [0.05, 0.1) is 0 Å². The number of rotatable bonds is 1. The molecule has 1 aromatic heterocycles. The van der Waals surface area contributed by atoms with Gasteiger partial charge >= 0.3 is 0 Å². The van der Waals surface area contributed by atoms with Crippen molar-refractivity contribution in [2.24, 2.45) is 0 Å². The highest BCUT2D eigenvalue weighted by Gasteiger charge is 2.21. The van der Waals surface area contributed by atoms with Gasteiger partial charge in [-0.2, -0.15) is 4.98 Å². The third-order valence-corrected chi connectivity index (χ3v) is 2.70. The Balaban J connectivity index is 2.35. The second kappa shape index (κ2) is 4.01. The van der Waals surface area contributed by atoms with Gasteiger partial charge in [0.15, 0.2) is 0 Å². The zero-order valence-corrected chi connectivity index (χ0v) is 11.1. The number of hydrogen-bond acceptors (Lipinski definition) is 3. The molecule has 0 aliphatic carbocycles. The van der Waals surface area contributed by atoms with E-state index in [9.17, 15) is 0 Å². The van der Waals surface area contributed by atoms with Gasteiger partial charge in [0.25, 0.3) is 0 Å². The average Bonchev–Trinajstić information content (AvgIpc) is 2.67. The quantitative estimate of drug-likeness (QED) is 0.798. The van der Waals surface area contributed by atoms with Crippen molar-refractivity contribution >= 4 is 15.9 Å². The van der Waals surface area contributed by atoms with Crippen LogP contribution in [0.5, 0.6) is 0 Å². The molecule has 2 rings (SSSR count). The molecule has 0 aliphatic heterocycles. The summed E-state index contributed by atoms with van der Waals surface area (Å²) in [4.78, 5) is 4.39. The Bertz CT molecular complexity index is 482. The molecule has 0 radical (unpaired) electrons. The molecule has 0 saturated carbocycles. The number of aromatic nitrogens is 2. The largest absolute Gasteiger partial charge is 0.338 e. The monoisotopic (exact) mass is 280 g/mol. The molecular weight excluding hydrogens is 268 g/mol. The highest BCUT2D eigenvalue weighted by atomic mass is 79.9. The topological polar surface area (TPSA) is 38.9 Å².